The van der Waals surface area contributed by atoms with Crippen molar-refractivity contribution in [3.63, 3.8) is 0 Å². The summed E-state index contributed by atoms with van der Waals surface area (Å²) in [5.41, 5.74) is 0.809. The Labute approximate surface area is 99.4 Å². The van der Waals surface area contributed by atoms with Gasteiger partial charge < -0.3 is 15.2 Å². The number of aliphatic carboxylic acids is 1. The number of nitrogens with one attached hydrogen (secondary N) is 1. The molecule has 0 aromatic heterocycles. The van der Waals surface area contributed by atoms with E-state index in [1.54, 1.807) is 19.1 Å². The Hall–Kier alpha value is -1.62. The minimum absolute atomic E-state index is 0.0838. The molecule has 0 saturated carbocycles. The summed E-state index contributed by atoms with van der Waals surface area (Å²) in [7, 11) is 0. The van der Waals surface area contributed by atoms with Gasteiger partial charge in [-0.25, -0.2) is 4.39 Å². The summed E-state index contributed by atoms with van der Waals surface area (Å²) in [5, 5.41) is 11.2. The Balaban J connectivity index is 2.44. The van der Waals surface area contributed by atoms with Crippen LogP contribution in [0.4, 0.5) is 4.39 Å². The summed E-state index contributed by atoms with van der Waals surface area (Å²) in [5.74, 6) is -1.04. The van der Waals surface area contributed by atoms with Crippen LogP contribution in [-0.4, -0.2) is 30.8 Å². The number of ether oxygens (including phenoxy) is 1. The Kier molecular flexibility index (Phi) is 5.42. The van der Waals surface area contributed by atoms with Crippen LogP contribution in [0, 0.1) is 5.82 Å². The molecule has 0 aliphatic heterocycles. The van der Waals surface area contributed by atoms with Crippen molar-refractivity contribution in [2.45, 2.75) is 13.3 Å². The van der Waals surface area contributed by atoms with Crippen LogP contribution in [0.25, 0.3) is 0 Å². The van der Waals surface area contributed by atoms with Crippen molar-refractivity contribution < 1.29 is 19.0 Å². The zero-order valence-corrected chi connectivity index (χ0v) is 9.70. The number of hydrogen-bond acceptors (Lipinski definition) is 3. The molecule has 1 aromatic carbocycles. The molecule has 5 heteroatoms. The third-order valence-electron chi connectivity index (χ3n) is 2.16. The number of carboxylic acids is 1. The first-order valence-corrected chi connectivity index (χ1v) is 5.47. The summed E-state index contributed by atoms with van der Waals surface area (Å²) in [6.45, 7) is 2.64. The highest BCUT2D eigenvalue weighted by atomic mass is 19.1. The first-order valence-electron chi connectivity index (χ1n) is 5.47. The molecule has 2 N–H and O–H groups in total. The van der Waals surface area contributed by atoms with Crippen molar-refractivity contribution in [2.75, 3.05) is 19.7 Å². The van der Waals surface area contributed by atoms with Crippen LogP contribution in [0.2, 0.25) is 0 Å². The van der Waals surface area contributed by atoms with E-state index in [1.165, 1.54) is 6.07 Å². The third-order valence-corrected chi connectivity index (χ3v) is 2.16. The van der Waals surface area contributed by atoms with Crippen molar-refractivity contribution in [1.82, 2.24) is 5.32 Å². The van der Waals surface area contributed by atoms with Crippen molar-refractivity contribution in [3.8, 4) is 5.75 Å². The minimum atomic E-state index is -0.900. The number of carboxylic acid groups (broad SMARTS) is 1. The zero-order chi connectivity index (χ0) is 12.7. The molecule has 0 amide bonds. The highest BCUT2D eigenvalue weighted by molar-refractivity contribution is 5.68. The quantitative estimate of drug-likeness (QED) is 0.709. The fourth-order valence-electron chi connectivity index (χ4n) is 1.40. The molecular formula is C12H16FNO3. The SMILES string of the molecule is CCOc1ccc(CCNCC(=O)O)cc1F. The molecule has 0 unspecified atom stereocenters. The van der Waals surface area contributed by atoms with E-state index in [0.717, 1.165) is 5.56 Å². The van der Waals surface area contributed by atoms with Crippen LogP contribution < -0.4 is 10.1 Å². The smallest absolute Gasteiger partial charge is 0.317 e. The predicted molar refractivity (Wildman–Crippen MR) is 61.8 cm³/mol. The topological polar surface area (TPSA) is 58.6 Å². The maximum absolute atomic E-state index is 13.4. The number of carbonyl (C=O) groups is 1. The van der Waals surface area contributed by atoms with Crippen molar-refractivity contribution in [3.05, 3.63) is 29.6 Å². The summed E-state index contributed by atoms with van der Waals surface area (Å²) >= 11 is 0. The molecular weight excluding hydrogens is 225 g/mol. The first kappa shape index (κ1) is 13.4. The van der Waals surface area contributed by atoms with E-state index in [4.69, 9.17) is 9.84 Å². The van der Waals surface area contributed by atoms with Crippen LogP contribution in [0.5, 0.6) is 5.75 Å². The van der Waals surface area contributed by atoms with Gasteiger partial charge in [0.2, 0.25) is 0 Å². The lowest BCUT2D eigenvalue weighted by atomic mass is 10.1. The molecule has 0 spiro atoms. The van der Waals surface area contributed by atoms with E-state index >= 15 is 0 Å². The fourth-order valence-corrected chi connectivity index (χ4v) is 1.40. The van der Waals surface area contributed by atoms with E-state index < -0.39 is 5.97 Å². The number of hydrogen-bond donors (Lipinski definition) is 2. The normalized spacial score (nSPS) is 10.2. The highest BCUT2D eigenvalue weighted by Gasteiger charge is 2.04. The Bertz CT molecular complexity index is 382. The maximum atomic E-state index is 13.4. The molecule has 0 aliphatic carbocycles. The molecule has 4 nitrogen and oxygen atoms in total. The minimum Gasteiger partial charge on any atom is -0.491 e. The number of halogens is 1. The second kappa shape index (κ2) is 6.85. The summed E-state index contributed by atoms with van der Waals surface area (Å²) < 4.78 is 18.5. The number of benzene rings is 1. The van der Waals surface area contributed by atoms with Gasteiger partial charge in [0, 0.05) is 0 Å². The second-order valence-corrected chi connectivity index (χ2v) is 3.52. The van der Waals surface area contributed by atoms with E-state index in [9.17, 15) is 9.18 Å². The molecule has 1 aromatic rings. The van der Waals surface area contributed by atoms with Gasteiger partial charge in [-0.15, -0.1) is 0 Å². The van der Waals surface area contributed by atoms with Crippen LogP contribution in [0.15, 0.2) is 18.2 Å². The molecule has 1 rings (SSSR count). The van der Waals surface area contributed by atoms with Crippen LogP contribution in [0.1, 0.15) is 12.5 Å². The molecule has 0 fully saturated rings. The predicted octanol–water partition coefficient (Wildman–Crippen LogP) is 1.44. The second-order valence-electron chi connectivity index (χ2n) is 3.52. The van der Waals surface area contributed by atoms with Gasteiger partial charge in [0.15, 0.2) is 11.6 Å². The van der Waals surface area contributed by atoms with Gasteiger partial charge in [-0.3, -0.25) is 4.79 Å². The summed E-state index contributed by atoms with van der Waals surface area (Å²) in [6, 6.07) is 4.77. The average molecular weight is 241 g/mol. The van der Waals surface area contributed by atoms with E-state index in [2.05, 4.69) is 5.32 Å². The highest BCUT2D eigenvalue weighted by Crippen LogP contribution is 2.18. The lowest BCUT2D eigenvalue weighted by molar-refractivity contribution is -0.135. The standard InChI is InChI=1S/C12H16FNO3/c1-2-17-11-4-3-9(7-10(11)13)5-6-14-8-12(15)16/h3-4,7,14H,2,5-6,8H2,1H3,(H,15,16). The third kappa shape index (κ3) is 4.82. The zero-order valence-electron chi connectivity index (χ0n) is 9.70. The lowest BCUT2D eigenvalue weighted by Gasteiger charge is -2.07. The summed E-state index contributed by atoms with van der Waals surface area (Å²) in [6.07, 6.45) is 0.580. The van der Waals surface area contributed by atoms with Crippen LogP contribution in [-0.2, 0) is 11.2 Å². The van der Waals surface area contributed by atoms with Gasteiger partial charge in [-0.05, 0) is 37.6 Å². The maximum Gasteiger partial charge on any atom is 0.317 e. The van der Waals surface area contributed by atoms with Gasteiger partial charge >= 0.3 is 5.97 Å². The van der Waals surface area contributed by atoms with E-state index in [-0.39, 0.29) is 18.1 Å². The van der Waals surface area contributed by atoms with Crippen molar-refractivity contribution in [2.24, 2.45) is 0 Å². The fraction of sp³-hybridized carbons (Fsp3) is 0.417. The van der Waals surface area contributed by atoms with E-state index in [0.29, 0.717) is 19.6 Å². The largest absolute Gasteiger partial charge is 0.491 e. The molecule has 17 heavy (non-hydrogen) atoms. The van der Waals surface area contributed by atoms with Gasteiger partial charge in [0.1, 0.15) is 0 Å². The van der Waals surface area contributed by atoms with E-state index in [1.807, 2.05) is 0 Å². The van der Waals surface area contributed by atoms with Gasteiger partial charge in [-0.2, -0.15) is 0 Å². The average Bonchev–Trinajstić information content (AvgIpc) is 2.28. The Morgan fingerprint density at radius 1 is 1.53 bits per heavy atom. The van der Waals surface area contributed by atoms with Gasteiger partial charge in [0.25, 0.3) is 0 Å². The monoisotopic (exact) mass is 241 g/mol. The number of rotatable bonds is 7. The van der Waals surface area contributed by atoms with Crippen molar-refractivity contribution in [1.29, 1.82) is 0 Å². The Morgan fingerprint density at radius 2 is 2.29 bits per heavy atom. The molecule has 0 radical (unpaired) electrons. The van der Waals surface area contributed by atoms with Gasteiger partial charge in [-0.1, -0.05) is 6.07 Å². The molecule has 0 bridgehead atoms. The molecule has 0 aliphatic rings. The van der Waals surface area contributed by atoms with Crippen LogP contribution >= 0.6 is 0 Å². The van der Waals surface area contributed by atoms with Crippen molar-refractivity contribution >= 4 is 5.97 Å². The first-order chi connectivity index (χ1) is 8.13. The molecule has 0 atom stereocenters. The lowest BCUT2D eigenvalue weighted by Crippen LogP contribution is -2.24. The Morgan fingerprint density at radius 3 is 2.88 bits per heavy atom. The van der Waals surface area contributed by atoms with Gasteiger partial charge in [0.05, 0.1) is 13.2 Å². The molecule has 0 saturated heterocycles. The van der Waals surface area contributed by atoms with Crippen LogP contribution in [0.3, 0.4) is 0 Å². The molecule has 0 heterocycles. The summed E-state index contributed by atoms with van der Waals surface area (Å²) in [4.78, 5) is 10.2. The molecule has 94 valence electrons.